The Kier molecular flexibility index (Phi) is 6.78. The van der Waals surface area contributed by atoms with Gasteiger partial charge in [0, 0.05) is 43.5 Å². The molecule has 11 heteroatoms. The number of nitrogens with zero attached hydrogens (tertiary/aromatic N) is 5. The number of nitrogens with one attached hydrogen (secondary N) is 1. The first-order valence-corrected chi connectivity index (χ1v) is 10.6. The Hall–Kier alpha value is -3.60. The van der Waals surface area contributed by atoms with Gasteiger partial charge in [-0.15, -0.1) is 0 Å². The average molecular weight is 457 g/mol. The van der Waals surface area contributed by atoms with Gasteiger partial charge in [0.05, 0.1) is 12.2 Å². The monoisotopic (exact) mass is 457 g/mol. The van der Waals surface area contributed by atoms with E-state index in [0.717, 1.165) is 12.1 Å². The second-order valence-corrected chi connectivity index (χ2v) is 7.77. The highest BCUT2D eigenvalue weighted by Crippen LogP contribution is 2.29. The first-order valence-electron chi connectivity index (χ1n) is 10.6. The van der Waals surface area contributed by atoms with Gasteiger partial charge in [-0.2, -0.15) is 13.9 Å². The van der Waals surface area contributed by atoms with E-state index in [-0.39, 0.29) is 11.9 Å². The molecule has 1 fully saturated rings. The minimum absolute atomic E-state index is 0.00539. The Morgan fingerprint density at radius 3 is 2.82 bits per heavy atom. The van der Waals surface area contributed by atoms with Crippen LogP contribution in [0.15, 0.2) is 36.5 Å². The number of para-hydroxylation sites is 1. The summed E-state index contributed by atoms with van der Waals surface area (Å²) >= 11 is 0. The fourth-order valence-electron chi connectivity index (χ4n) is 3.75. The number of hydrogen-bond donors (Lipinski definition) is 2. The van der Waals surface area contributed by atoms with E-state index in [2.05, 4.69) is 20.4 Å². The molecule has 1 aromatic carbocycles. The summed E-state index contributed by atoms with van der Waals surface area (Å²) in [5, 5.41) is 6.85. The number of rotatable bonds is 8. The van der Waals surface area contributed by atoms with Crippen LogP contribution in [0.3, 0.4) is 0 Å². The van der Waals surface area contributed by atoms with Gasteiger partial charge in [0.2, 0.25) is 11.9 Å². The van der Waals surface area contributed by atoms with E-state index in [4.69, 9.17) is 10.5 Å². The van der Waals surface area contributed by atoms with Crippen molar-refractivity contribution in [2.75, 3.05) is 38.5 Å². The zero-order valence-electron chi connectivity index (χ0n) is 18.2. The molecule has 1 saturated heterocycles. The molecule has 1 aliphatic heterocycles. The second-order valence-electron chi connectivity index (χ2n) is 7.77. The van der Waals surface area contributed by atoms with Crippen LogP contribution in [-0.2, 0) is 11.2 Å². The van der Waals surface area contributed by atoms with Crippen LogP contribution in [0.4, 0.5) is 14.7 Å². The number of amides is 1. The van der Waals surface area contributed by atoms with Crippen LogP contribution in [0.25, 0.3) is 11.4 Å². The molecule has 3 heterocycles. The van der Waals surface area contributed by atoms with Gasteiger partial charge in [0.25, 0.3) is 0 Å². The number of benzene rings is 1. The van der Waals surface area contributed by atoms with Crippen LogP contribution in [0.1, 0.15) is 23.4 Å². The summed E-state index contributed by atoms with van der Waals surface area (Å²) in [6.07, 6.45) is 1.63. The highest BCUT2D eigenvalue weighted by Gasteiger charge is 2.20. The van der Waals surface area contributed by atoms with Crippen molar-refractivity contribution in [3.63, 3.8) is 0 Å². The van der Waals surface area contributed by atoms with Crippen LogP contribution >= 0.6 is 0 Å². The summed E-state index contributed by atoms with van der Waals surface area (Å²) in [5.41, 5.74) is 8.47. The number of carbonyl (C=O) groups is 1. The Balaban J connectivity index is 1.54. The Morgan fingerprint density at radius 2 is 2.06 bits per heavy atom. The van der Waals surface area contributed by atoms with Crippen LogP contribution < -0.4 is 15.8 Å². The molecule has 1 aliphatic rings. The smallest absolute Gasteiger partial charge is 0.333 e. The number of aryl methyl sites for hydroxylation is 1. The Morgan fingerprint density at radius 1 is 1.24 bits per heavy atom. The third-order valence-electron chi connectivity index (χ3n) is 5.26. The highest BCUT2D eigenvalue weighted by molar-refractivity contribution is 5.78. The van der Waals surface area contributed by atoms with Gasteiger partial charge in [-0.05, 0) is 24.6 Å². The summed E-state index contributed by atoms with van der Waals surface area (Å²) in [7, 11) is 0. The summed E-state index contributed by atoms with van der Waals surface area (Å²) in [6, 6.07) is 9.09. The molecule has 1 amide bonds. The molecule has 0 atom stereocenters. The van der Waals surface area contributed by atoms with Crippen LogP contribution in [-0.4, -0.2) is 63.3 Å². The van der Waals surface area contributed by atoms with Gasteiger partial charge in [-0.25, -0.2) is 14.6 Å². The lowest BCUT2D eigenvalue weighted by molar-refractivity contribution is -0.124. The van der Waals surface area contributed by atoms with Crippen molar-refractivity contribution >= 4 is 11.9 Å². The lowest BCUT2D eigenvalue weighted by Gasteiger charge is -2.26. The number of carbonyl (C=O) groups excluding carboxylic acids is 1. The van der Waals surface area contributed by atoms with E-state index in [9.17, 15) is 13.6 Å². The van der Waals surface area contributed by atoms with E-state index >= 15 is 0 Å². The first-order chi connectivity index (χ1) is 15.9. The lowest BCUT2D eigenvalue weighted by atomic mass is 10.0. The molecule has 0 radical (unpaired) electrons. The summed E-state index contributed by atoms with van der Waals surface area (Å²) in [4.78, 5) is 21.8. The van der Waals surface area contributed by atoms with Crippen molar-refractivity contribution in [1.82, 2.24) is 30.0 Å². The SMILES string of the molecule is Cc1cc(-c2nn(C(F)F)cc2Cc2ccccc2OCCN2CCNC(=O)C2)nc(N)n1. The minimum atomic E-state index is -2.79. The van der Waals surface area contributed by atoms with Crippen molar-refractivity contribution in [1.29, 1.82) is 0 Å². The number of alkyl halides is 2. The van der Waals surface area contributed by atoms with Crippen LogP contribution in [0.5, 0.6) is 5.75 Å². The first kappa shape index (κ1) is 22.6. The van der Waals surface area contributed by atoms with E-state index in [1.54, 1.807) is 13.0 Å². The fourth-order valence-corrected chi connectivity index (χ4v) is 3.75. The summed E-state index contributed by atoms with van der Waals surface area (Å²) in [6.45, 7) is 1.72. The van der Waals surface area contributed by atoms with E-state index < -0.39 is 6.55 Å². The molecule has 174 valence electrons. The zero-order valence-corrected chi connectivity index (χ0v) is 18.2. The normalized spacial score (nSPS) is 14.5. The van der Waals surface area contributed by atoms with E-state index in [0.29, 0.717) is 65.7 Å². The van der Waals surface area contributed by atoms with Crippen LogP contribution in [0, 0.1) is 6.92 Å². The number of aromatic nitrogens is 4. The molecule has 3 N–H and O–H groups in total. The quantitative estimate of drug-likeness (QED) is 0.532. The van der Waals surface area contributed by atoms with Gasteiger partial charge in [0.1, 0.15) is 18.1 Å². The lowest BCUT2D eigenvalue weighted by Crippen LogP contribution is -2.48. The Labute approximate surface area is 189 Å². The van der Waals surface area contributed by atoms with Gasteiger partial charge in [-0.1, -0.05) is 18.2 Å². The molecular formula is C22H25F2N7O2. The number of ether oxygens (including phenoxy) is 1. The Bertz CT molecular complexity index is 1120. The molecule has 0 bridgehead atoms. The molecule has 9 nitrogen and oxygen atoms in total. The van der Waals surface area contributed by atoms with Crippen molar-refractivity contribution in [3.8, 4) is 17.1 Å². The molecule has 2 aromatic heterocycles. The maximum Gasteiger partial charge on any atom is 0.333 e. The number of nitrogen functional groups attached to an aromatic ring is 1. The topological polar surface area (TPSA) is 111 Å². The van der Waals surface area contributed by atoms with Crippen molar-refractivity contribution in [3.05, 3.63) is 53.3 Å². The number of nitrogens with two attached hydrogens (primary N) is 1. The van der Waals surface area contributed by atoms with Gasteiger partial charge >= 0.3 is 6.55 Å². The third kappa shape index (κ3) is 5.61. The van der Waals surface area contributed by atoms with Gasteiger partial charge in [0.15, 0.2) is 0 Å². The fraction of sp³-hybridized carbons (Fsp3) is 0.364. The third-order valence-corrected chi connectivity index (χ3v) is 5.26. The number of halogens is 2. The molecule has 0 spiro atoms. The minimum Gasteiger partial charge on any atom is -0.492 e. The van der Waals surface area contributed by atoms with Crippen molar-refractivity contribution < 1.29 is 18.3 Å². The van der Waals surface area contributed by atoms with E-state index in [1.807, 2.05) is 29.2 Å². The number of hydrogen-bond acceptors (Lipinski definition) is 7. The summed E-state index contributed by atoms with van der Waals surface area (Å²) in [5.74, 6) is 0.705. The number of anilines is 1. The molecule has 3 aromatic rings. The molecule has 4 rings (SSSR count). The van der Waals surface area contributed by atoms with Crippen molar-refractivity contribution in [2.24, 2.45) is 0 Å². The standard InChI is InChI=1S/C22H25F2N7O2/c1-14-10-17(28-22(25)27-14)20-16(12-31(29-20)21(23)24)11-15-4-2-3-5-18(15)33-9-8-30-7-6-26-19(32)13-30/h2-5,10,12,21H,6-9,11,13H2,1H3,(H,26,32)(H2,25,27,28). The summed E-state index contributed by atoms with van der Waals surface area (Å²) < 4.78 is 33.4. The second kappa shape index (κ2) is 9.90. The largest absolute Gasteiger partial charge is 0.492 e. The van der Waals surface area contributed by atoms with Crippen molar-refractivity contribution in [2.45, 2.75) is 19.9 Å². The predicted octanol–water partition coefficient (Wildman–Crippen LogP) is 2.03. The van der Waals surface area contributed by atoms with Gasteiger partial charge in [-0.3, -0.25) is 9.69 Å². The predicted molar refractivity (Wildman–Crippen MR) is 118 cm³/mol. The van der Waals surface area contributed by atoms with Gasteiger partial charge < -0.3 is 15.8 Å². The highest BCUT2D eigenvalue weighted by atomic mass is 19.3. The molecule has 0 unspecified atom stereocenters. The van der Waals surface area contributed by atoms with Crippen LogP contribution in [0.2, 0.25) is 0 Å². The number of piperazine rings is 1. The maximum atomic E-state index is 13.4. The average Bonchev–Trinajstić information content (AvgIpc) is 3.19. The molecule has 33 heavy (non-hydrogen) atoms. The maximum absolute atomic E-state index is 13.4. The van der Waals surface area contributed by atoms with E-state index in [1.165, 1.54) is 6.20 Å². The zero-order chi connectivity index (χ0) is 23.4. The molecule has 0 saturated carbocycles. The molecular weight excluding hydrogens is 432 g/mol. The molecule has 0 aliphatic carbocycles.